The van der Waals surface area contributed by atoms with Crippen molar-refractivity contribution in [3.8, 4) is 17.1 Å². The molecule has 9 heteroatoms. The number of methoxy groups -OCH3 is 1. The fraction of sp³-hybridized carbons (Fsp3) is 0.471. The van der Waals surface area contributed by atoms with Crippen molar-refractivity contribution in [2.45, 2.75) is 6.42 Å². The van der Waals surface area contributed by atoms with Gasteiger partial charge in [0.15, 0.2) is 0 Å². The molecule has 0 amide bonds. The van der Waals surface area contributed by atoms with Crippen LogP contribution < -0.4 is 10.1 Å². The van der Waals surface area contributed by atoms with E-state index in [0.717, 1.165) is 34.3 Å². The molecule has 0 bridgehead atoms. The van der Waals surface area contributed by atoms with Gasteiger partial charge in [-0.05, 0) is 26.6 Å². The number of hydrogen-bond acceptors (Lipinski definition) is 8. The minimum absolute atomic E-state index is 0.633. The van der Waals surface area contributed by atoms with Crippen LogP contribution in [0.1, 0.15) is 6.42 Å². The van der Waals surface area contributed by atoms with Gasteiger partial charge < -0.3 is 19.7 Å². The predicted octanol–water partition coefficient (Wildman–Crippen LogP) is 2.24. The highest BCUT2D eigenvalue weighted by Gasteiger charge is 2.12. The van der Waals surface area contributed by atoms with Gasteiger partial charge in [-0.3, -0.25) is 0 Å². The topological polar surface area (TPSA) is 76.8 Å². The zero-order valence-electron chi connectivity index (χ0n) is 15.3. The Hall–Kier alpha value is -2.23. The van der Waals surface area contributed by atoms with E-state index >= 15 is 0 Å². The van der Waals surface area contributed by atoms with Crippen LogP contribution in [0, 0.1) is 0 Å². The first-order chi connectivity index (χ1) is 12.7. The third-order valence-corrected chi connectivity index (χ3v) is 4.58. The van der Waals surface area contributed by atoms with E-state index in [1.165, 1.54) is 11.3 Å². The quantitative estimate of drug-likeness (QED) is 0.544. The molecule has 0 atom stereocenters. The first-order valence-electron chi connectivity index (χ1n) is 8.48. The van der Waals surface area contributed by atoms with Crippen LogP contribution in [0.15, 0.2) is 24.5 Å². The summed E-state index contributed by atoms with van der Waals surface area (Å²) in [5.41, 5.74) is 1.86. The summed E-state index contributed by atoms with van der Waals surface area (Å²) in [4.78, 5) is 11.8. The van der Waals surface area contributed by atoms with Crippen LogP contribution in [-0.4, -0.2) is 72.0 Å². The Morgan fingerprint density at radius 3 is 2.81 bits per heavy atom. The summed E-state index contributed by atoms with van der Waals surface area (Å²) in [5, 5.41) is 8.61. The molecule has 0 aliphatic rings. The maximum absolute atomic E-state index is 5.68. The summed E-state index contributed by atoms with van der Waals surface area (Å²) in [7, 11) is 5.78. The summed E-state index contributed by atoms with van der Waals surface area (Å²) in [6, 6.07) is 3.86. The molecule has 0 saturated heterocycles. The standard InChI is InChI=1S/C17H24N6O2S/c1-22(2)8-4-9-25-15-6-5-13(11-19-15)14-12-20-17-23(14)21-16(26-17)18-7-10-24-3/h5-6,11-12H,4,7-10H2,1-3H3,(H,18,21). The predicted molar refractivity (Wildman–Crippen MR) is 103 cm³/mol. The molecule has 0 fully saturated rings. The number of fused-ring (bicyclic) bond motifs is 1. The van der Waals surface area contributed by atoms with E-state index in [1.54, 1.807) is 13.3 Å². The van der Waals surface area contributed by atoms with E-state index in [0.29, 0.717) is 25.6 Å². The third-order valence-electron chi connectivity index (χ3n) is 3.70. The SMILES string of the molecule is COCCNc1nn2c(-c3ccc(OCCCN(C)C)nc3)cnc2s1. The van der Waals surface area contributed by atoms with Crippen molar-refractivity contribution in [2.75, 3.05) is 52.8 Å². The lowest BCUT2D eigenvalue weighted by molar-refractivity contribution is 0.210. The van der Waals surface area contributed by atoms with Crippen molar-refractivity contribution < 1.29 is 9.47 Å². The van der Waals surface area contributed by atoms with Gasteiger partial charge in [0.25, 0.3) is 0 Å². The molecule has 0 spiro atoms. The molecule has 3 aromatic rings. The largest absolute Gasteiger partial charge is 0.478 e. The smallest absolute Gasteiger partial charge is 0.214 e. The Bertz CT molecular complexity index is 814. The van der Waals surface area contributed by atoms with E-state index in [-0.39, 0.29) is 0 Å². The summed E-state index contributed by atoms with van der Waals surface area (Å²) in [6.07, 6.45) is 4.58. The van der Waals surface area contributed by atoms with E-state index < -0.39 is 0 Å². The average Bonchev–Trinajstić information content (AvgIpc) is 3.20. The number of nitrogens with one attached hydrogen (secondary N) is 1. The first kappa shape index (κ1) is 18.6. The molecule has 0 radical (unpaired) electrons. The number of pyridine rings is 1. The molecule has 26 heavy (non-hydrogen) atoms. The Morgan fingerprint density at radius 2 is 2.08 bits per heavy atom. The average molecular weight is 376 g/mol. The van der Waals surface area contributed by atoms with Crippen LogP contribution in [0.4, 0.5) is 5.13 Å². The van der Waals surface area contributed by atoms with Gasteiger partial charge in [0.1, 0.15) is 0 Å². The second-order valence-corrected chi connectivity index (χ2v) is 7.01. The van der Waals surface area contributed by atoms with Crippen LogP contribution in [0.5, 0.6) is 5.88 Å². The molecular weight excluding hydrogens is 352 g/mol. The lowest BCUT2D eigenvalue weighted by Gasteiger charge is -2.09. The van der Waals surface area contributed by atoms with Gasteiger partial charge >= 0.3 is 0 Å². The van der Waals surface area contributed by atoms with Crippen LogP contribution >= 0.6 is 11.3 Å². The van der Waals surface area contributed by atoms with Crippen LogP contribution in [-0.2, 0) is 4.74 Å². The highest BCUT2D eigenvalue weighted by molar-refractivity contribution is 7.20. The normalized spacial score (nSPS) is 11.4. The monoisotopic (exact) mass is 376 g/mol. The molecular formula is C17H24N6O2S. The van der Waals surface area contributed by atoms with Crippen molar-refractivity contribution >= 4 is 21.4 Å². The minimum atomic E-state index is 0.633. The first-order valence-corrected chi connectivity index (χ1v) is 9.30. The Balaban J connectivity index is 1.65. The molecule has 0 aliphatic heterocycles. The molecule has 140 valence electrons. The lowest BCUT2D eigenvalue weighted by Crippen LogP contribution is -2.15. The Labute approximate surface area is 156 Å². The van der Waals surface area contributed by atoms with Crippen molar-refractivity contribution in [1.29, 1.82) is 0 Å². The van der Waals surface area contributed by atoms with Crippen LogP contribution in [0.25, 0.3) is 16.2 Å². The number of ether oxygens (including phenoxy) is 2. The van der Waals surface area contributed by atoms with Crippen molar-refractivity contribution in [3.63, 3.8) is 0 Å². The number of nitrogens with zero attached hydrogens (tertiary/aromatic N) is 5. The van der Waals surface area contributed by atoms with Gasteiger partial charge in [-0.2, -0.15) is 0 Å². The Morgan fingerprint density at radius 1 is 1.19 bits per heavy atom. The fourth-order valence-electron chi connectivity index (χ4n) is 2.40. The number of imidazole rings is 1. The maximum atomic E-state index is 5.68. The van der Waals surface area contributed by atoms with Gasteiger partial charge in [-0.25, -0.2) is 14.5 Å². The van der Waals surface area contributed by atoms with Crippen LogP contribution in [0.2, 0.25) is 0 Å². The lowest BCUT2D eigenvalue weighted by atomic mass is 10.2. The molecule has 3 heterocycles. The van der Waals surface area contributed by atoms with E-state index in [4.69, 9.17) is 9.47 Å². The number of aromatic nitrogens is 4. The maximum Gasteiger partial charge on any atom is 0.214 e. The molecule has 3 rings (SSSR count). The summed E-state index contributed by atoms with van der Waals surface area (Å²) < 4.78 is 12.5. The molecule has 8 nitrogen and oxygen atoms in total. The number of rotatable bonds is 10. The third kappa shape index (κ3) is 4.69. The Kier molecular flexibility index (Phi) is 6.37. The van der Waals surface area contributed by atoms with Crippen LogP contribution in [0.3, 0.4) is 0 Å². The van der Waals surface area contributed by atoms with Crippen molar-refractivity contribution in [2.24, 2.45) is 0 Å². The molecule has 0 unspecified atom stereocenters. The highest BCUT2D eigenvalue weighted by atomic mass is 32.1. The minimum Gasteiger partial charge on any atom is -0.478 e. The second-order valence-electron chi connectivity index (χ2n) is 6.06. The summed E-state index contributed by atoms with van der Waals surface area (Å²) in [5.74, 6) is 0.633. The summed E-state index contributed by atoms with van der Waals surface area (Å²) in [6.45, 7) is 3.00. The molecule has 0 aliphatic carbocycles. The van der Waals surface area contributed by atoms with Crippen molar-refractivity contribution in [1.82, 2.24) is 24.5 Å². The van der Waals surface area contributed by atoms with E-state index in [9.17, 15) is 0 Å². The van der Waals surface area contributed by atoms with Gasteiger partial charge in [0.05, 0.1) is 25.1 Å². The molecule has 0 aromatic carbocycles. The molecule has 1 N–H and O–H groups in total. The number of anilines is 1. The van der Waals surface area contributed by atoms with Gasteiger partial charge in [-0.15, -0.1) is 5.10 Å². The van der Waals surface area contributed by atoms with Crippen molar-refractivity contribution in [3.05, 3.63) is 24.5 Å². The van der Waals surface area contributed by atoms with Gasteiger partial charge in [-0.1, -0.05) is 11.3 Å². The summed E-state index contributed by atoms with van der Waals surface area (Å²) >= 11 is 1.51. The number of hydrogen-bond donors (Lipinski definition) is 1. The fourth-order valence-corrected chi connectivity index (χ4v) is 3.20. The zero-order chi connectivity index (χ0) is 18.4. The molecule has 0 saturated carbocycles. The second kappa shape index (κ2) is 8.93. The highest BCUT2D eigenvalue weighted by Crippen LogP contribution is 2.26. The van der Waals surface area contributed by atoms with E-state index in [2.05, 4.69) is 39.4 Å². The molecule has 3 aromatic heterocycles. The van der Waals surface area contributed by atoms with Gasteiger partial charge in [0.2, 0.25) is 16.0 Å². The van der Waals surface area contributed by atoms with E-state index in [1.807, 2.05) is 22.8 Å². The zero-order valence-corrected chi connectivity index (χ0v) is 16.1. The van der Waals surface area contributed by atoms with Gasteiger partial charge in [0, 0.05) is 38.0 Å².